The Balaban J connectivity index is 1.49. The molecule has 0 aromatic carbocycles. The van der Waals surface area contributed by atoms with Crippen molar-refractivity contribution >= 4 is 17.8 Å². The van der Waals surface area contributed by atoms with Crippen molar-refractivity contribution in [3.8, 4) is 0 Å². The van der Waals surface area contributed by atoms with Gasteiger partial charge in [0.15, 0.2) is 0 Å². The summed E-state index contributed by atoms with van der Waals surface area (Å²) in [5, 5.41) is 3.06. The molecule has 0 bridgehead atoms. The van der Waals surface area contributed by atoms with Gasteiger partial charge >= 0.3 is 12.3 Å². The highest BCUT2D eigenvalue weighted by atomic mass is 19.4. The number of piperidine rings is 2. The highest BCUT2D eigenvalue weighted by Gasteiger charge is 2.35. The van der Waals surface area contributed by atoms with Crippen molar-refractivity contribution in [3.63, 3.8) is 0 Å². The third-order valence-electron chi connectivity index (χ3n) is 5.67. The molecule has 1 N–H and O–H groups in total. The lowest BCUT2D eigenvalue weighted by Gasteiger charge is -2.35. The van der Waals surface area contributed by atoms with Crippen molar-refractivity contribution in [2.45, 2.75) is 51.7 Å². The number of amides is 2. The molecule has 2 amide bonds. The molecule has 1 aromatic heterocycles. The maximum absolute atomic E-state index is 13.0. The molecule has 0 atom stereocenters. The van der Waals surface area contributed by atoms with Gasteiger partial charge in [0.1, 0.15) is 17.3 Å². The van der Waals surface area contributed by atoms with Crippen LogP contribution in [0.1, 0.15) is 44.1 Å². The number of alkyl halides is 3. The first-order valence-electron chi connectivity index (χ1n) is 10.6. The molecule has 0 radical (unpaired) electrons. The first kappa shape index (κ1) is 23.1. The van der Waals surface area contributed by atoms with Gasteiger partial charge < -0.3 is 19.9 Å². The molecule has 2 aliphatic heterocycles. The standard InChI is InChI=1S/C20H28F3N5O3/c1-3-31-19(30)28-10-6-15(7-11-28)26-18(29)14-4-8-27(9-5-14)17-12-16(20(21,22)23)24-13(2)25-17/h12,14-15H,3-11H2,1-2H3,(H,26,29). The van der Waals surface area contributed by atoms with Gasteiger partial charge in [-0.25, -0.2) is 14.8 Å². The zero-order valence-electron chi connectivity index (χ0n) is 17.7. The molecular weight excluding hydrogens is 415 g/mol. The van der Waals surface area contributed by atoms with Crippen LogP contribution < -0.4 is 10.2 Å². The van der Waals surface area contributed by atoms with Crippen LogP contribution in [0.4, 0.5) is 23.8 Å². The van der Waals surface area contributed by atoms with Gasteiger partial charge in [0.25, 0.3) is 0 Å². The molecule has 1 aromatic rings. The van der Waals surface area contributed by atoms with Crippen molar-refractivity contribution in [1.29, 1.82) is 0 Å². The molecule has 11 heteroatoms. The largest absolute Gasteiger partial charge is 0.450 e. The minimum absolute atomic E-state index is 0.00932. The molecule has 0 unspecified atom stereocenters. The minimum atomic E-state index is -4.52. The first-order valence-corrected chi connectivity index (χ1v) is 10.6. The van der Waals surface area contributed by atoms with Crippen molar-refractivity contribution in [1.82, 2.24) is 20.2 Å². The highest BCUT2D eigenvalue weighted by molar-refractivity contribution is 5.79. The van der Waals surface area contributed by atoms with Crippen LogP contribution >= 0.6 is 0 Å². The number of likely N-dealkylation sites (tertiary alicyclic amines) is 1. The van der Waals surface area contributed by atoms with Crippen molar-refractivity contribution in [2.75, 3.05) is 37.7 Å². The molecule has 3 heterocycles. The third kappa shape index (κ3) is 5.98. The predicted octanol–water partition coefficient (Wildman–Crippen LogP) is 2.76. The molecule has 172 valence electrons. The SMILES string of the molecule is CCOC(=O)N1CCC(NC(=O)C2CCN(c3cc(C(F)(F)F)nc(C)n3)CC2)CC1. The lowest BCUT2D eigenvalue weighted by molar-refractivity contribution is -0.141. The molecular formula is C20H28F3N5O3. The van der Waals surface area contributed by atoms with Gasteiger partial charge in [-0.1, -0.05) is 0 Å². The molecule has 2 aliphatic rings. The second-order valence-electron chi connectivity index (χ2n) is 7.89. The zero-order chi connectivity index (χ0) is 22.6. The van der Waals surface area contributed by atoms with Crippen LogP contribution in [0.2, 0.25) is 0 Å². The average Bonchev–Trinajstić information content (AvgIpc) is 2.73. The van der Waals surface area contributed by atoms with Gasteiger partial charge in [-0.2, -0.15) is 13.2 Å². The van der Waals surface area contributed by atoms with Crippen LogP contribution in [0.5, 0.6) is 0 Å². The molecule has 31 heavy (non-hydrogen) atoms. The van der Waals surface area contributed by atoms with E-state index in [4.69, 9.17) is 4.74 Å². The summed E-state index contributed by atoms with van der Waals surface area (Å²) in [6, 6.07) is 0.972. The fourth-order valence-electron chi connectivity index (χ4n) is 3.97. The number of rotatable bonds is 4. The average molecular weight is 443 g/mol. The third-order valence-corrected chi connectivity index (χ3v) is 5.67. The smallest absolute Gasteiger partial charge is 0.433 e. The van der Waals surface area contributed by atoms with E-state index in [0.717, 1.165) is 6.07 Å². The summed E-state index contributed by atoms with van der Waals surface area (Å²) in [4.78, 5) is 35.4. The van der Waals surface area contributed by atoms with Gasteiger partial charge in [0.05, 0.1) is 6.61 Å². The topological polar surface area (TPSA) is 87.7 Å². The van der Waals surface area contributed by atoms with Crippen LogP contribution in [0.15, 0.2) is 6.07 Å². The second-order valence-corrected chi connectivity index (χ2v) is 7.89. The van der Waals surface area contributed by atoms with E-state index in [1.807, 2.05) is 0 Å². The van der Waals surface area contributed by atoms with Gasteiger partial charge in [0, 0.05) is 44.2 Å². The number of aryl methyl sites for hydroxylation is 1. The molecule has 2 fully saturated rings. The molecule has 0 aliphatic carbocycles. The minimum Gasteiger partial charge on any atom is -0.450 e. The van der Waals surface area contributed by atoms with Crippen molar-refractivity contribution in [2.24, 2.45) is 5.92 Å². The van der Waals surface area contributed by atoms with Crippen molar-refractivity contribution < 1.29 is 27.5 Å². The Hall–Kier alpha value is -2.59. The van der Waals surface area contributed by atoms with Crippen LogP contribution in [-0.2, 0) is 15.7 Å². The van der Waals surface area contributed by atoms with E-state index in [0.29, 0.717) is 58.5 Å². The van der Waals surface area contributed by atoms with E-state index in [-0.39, 0.29) is 35.6 Å². The number of anilines is 1. The Kier molecular flexibility index (Phi) is 7.22. The van der Waals surface area contributed by atoms with Crippen LogP contribution in [0.3, 0.4) is 0 Å². The van der Waals surface area contributed by atoms with Crippen LogP contribution in [-0.4, -0.2) is 65.7 Å². The first-order chi connectivity index (χ1) is 14.7. The number of aromatic nitrogens is 2. The number of nitrogens with zero attached hydrogens (tertiary/aromatic N) is 4. The summed E-state index contributed by atoms with van der Waals surface area (Å²) in [5.41, 5.74) is -0.955. The predicted molar refractivity (Wildman–Crippen MR) is 106 cm³/mol. The molecule has 0 spiro atoms. The monoisotopic (exact) mass is 443 g/mol. The maximum Gasteiger partial charge on any atom is 0.433 e. The number of halogens is 3. The van der Waals surface area contributed by atoms with Crippen LogP contribution in [0, 0.1) is 12.8 Å². The second kappa shape index (κ2) is 9.69. The number of ether oxygens (including phenoxy) is 1. The zero-order valence-corrected chi connectivity index (χ0v) is 17.7. The summed E-state index contributed by atoms with van der Waals surface area (Å²) < 4.78 is 44.1. The normalized spacial score (nSPS) is 18.7. The van der Waals surface area contributed by atoms with E-state index in [1.54, 1.807) is 16.7 Å². The van der Waals surface area contributed by atoms with E-state index in [2.05, 4.69) is 15.3 Å². The molecule has 2 saturated heterocycles. The Labute approximate surface area is 179 Å². The maximum atomic E-state index is 13.0. The van der Waals surface area contributed by atoms with E-state index in [9.17, 15) is 22.8 Å². The summed E-state index contributed by atoms with van der Waals surface area (Å²) in [6.07, 6.45) is -2.43. The number of nitrogens with one attached hydrogen (secondary N) is 1. The quantitative estimate of drug-likeness (QED) is 0.770. The summed E-state index contributed by atoms with van der Waals surface area (Å²) in [6.45, 7) is 5.51. The van der Waals surface area contributed by atoms with E-state index >= 15 is 0 Å². The summed E-state index contributed by atoms with van der Waals surface area (Å²) in [5.74, 6) is 0.0808. The van der Waals surface area contributed by atoms with E-state index in [1.165, 1.54) is 6.92 Å². The molecule has 8 nitrogen and oxygen atoms in total. The van der Waals surface area contributed by atoms with Crippen LogP contribution in [0.25, 0.3) is 0 Å². The Morgan fingerprint density at radius 2 is 1.77 bits per heavy atom. The number of hydrogen-bond donors (Lipinski definition) is 1. The van der Waals surface area contributed by atoms with Crippen molar-refractivity contribution in [3.05, 3.63) is 17.6 Å². The van der Waals surface area contributed by atoms with E-state index < -0.39 is 11.9 Å². The van der Waals surface area contributed by atoms with Gasteiger partial charge in [-0.05, 0) is 39.5 Å². The summed E-state index contributed by atoms with van der Waals surface area (Å²) in [7, 11) is 0. The number of carbonyl (C=O) groups is 2. The lowest BCUT2D eigenvalue weighted by atomic mass is 9.94. The fraction of sp³-hybridized carbons (Fsp3) is 0.700. The molecule has 3 rings (SSSR count). The number of carbonyl (C=O) groups excluding carboxylic acids is 2. The van der Waals surface area contributed by atoms with Gasteiger partial charge in [-0.15, -0.1) is 0 Å². The Morgan fingerprint density at radius 1 is 1.13 bits per heavy atom. The fourth-order valence-corrected chi connectivity index (χ4v) is 3.97. The Bertz CT molecular complexity index is 789. The lowest BCUT2D eigenvalue weighted by Crippen LogP contribution is -2.49. The van der Waals surface area contributed by atoms with Gasteiger partial charge in [-0.3, -0.25) is 4.79 Å². The number of hydrogen-bond acceptors (Lipinski definition) is 6. The highest BCUT2D eigenvalue weighted by Crippen LogP contribution is 2.31. The Morgan fingerprint density at radius 3 is 2.35 bits per heavy atom. The molecule has 0 saturated carbocycles. The van der Waals surface area contributed by atoms with Gasteiger partial charge in [0.2, 0.25) is 5.91 Å². The summed E-state index contributed by atoms with van der Waals surface area (Å²) >= 11 is 0.